The summed E-state index contributed by atoms with van der Waals surface area (Å²) in [5.74, 6) is -4.65. The maximum atomic E-state index is 13.3. The SMILES string of the molecule is COc1ccnc(C(=O)NC2COC(=O)[C@H](Cc3ccccc3)C(OC(=O)C(C)(C)C)[C@H](C)OC2=O)c1O. The van der Waals surface area contributed by atoms with Crippen LogP contribution in [0.5, 0.6) is 11.5 Å². The van der Waals surface area contributed by atoms with Gasteiger partial charge in [-0.25, -0.2) is 9.78 Å². The molecule has 11 heteroatoms. The van der Waals surface area contributed by atoms with Crippen LogP contribution >= 0.6 is 0 Å². The minimum atomic E-state index is -1.42. The number of nitrogens with zero attached hydrogens (tertiary/aromatic N) is 1. The number of carbonyl (C=O) groups is 4. The maximum absolute atomic E-state index is 13.3. The van der Waals surface area contributed by atoms with Crippen LogP contribution in [-0.4, -0.2) is 65.9 Å². The number of rotatable bonds is 6. The lowest BCUT2D eigenvalue weighted by molar-refractivity contribution is -0.180. The first-order valence-electron chi connectivity index (χ1n) is 12.1. The molecule has 1 aliphatic rings. The van der Waals surface area contributed by atoms with E-state index in [4.69, 9.17) is 18.9 Å². The lowest BCUT2D eigenvalue weighted by atomic mass is 9.90. The van der Waals surface area contributed by atoms with Crippen molar-refractivity contribution in [2.45, 2.75) is 52.4 Å². The Bertz CT molecular complexity index is 1180. The molecule has 3 rings (SSSR count). The predicted octanol–water partition coefficient (Wildman–Crippen LogP) is 2.20. The minimum Gasteiger partial charge on any atom is -0.503 e. The molecule has 0 spiro atoms. The summed E-state index contributed by atoms with van der Waals surface area (Å²) in [6.07, 6.45) is -0.811. The van der Waals surface area contributed by atoms with Crippen molar-refractivity contribution >= 4 is 23.8 Å². The van der Waals surface area contributed by atoms with Crippen LogP contribution in [-0.2, 0) is 35.0 Å². The van der Waals surface area contributed by atoms with Crippen molar-refractivity contribution in [2.75, 3.05) is 13.7 Å². The molecule has 204 valence electrons. The average Bonchev–Trinajstić information content (AvgIpc) is 2.90. The first kappa shape index (κ1) is 28.4. The summed E-state index contributed by atoms with van der Waals surface area (Å²) >= 11 is 0. The topological polar surface area (TPSA) is 150 Å². The van der Waals surface area contributed by atoms with Crippen LogP contribution in [0.25, 0.3) is 0 Å². The van der Waals surface area contributed by atoms with Gasteiger partial charge in [0, 0.05) is 12.3 Å². The highest BCUT2D eigenvalue weighted by atomic mass is 16.6. The van der Waals surface area contributed by atoms with E-state index in [1.807, 2.05) is 30.3 Å². The normalized spacial score (nSPS) is 22.1. The number of esters is 3. The molecule has 2 unspecified atom stereocenters. The molecule has 1 aromatic carbocycles. The van der Waals surface area contributed by atoms with E-state index in [0.29, 0.717) is 0 Å². The van der Waals surface area contributed by atoms with Crippen LogP contribution < -0.4 is 10.1 Å². The number of nitrogens with one attached hydrogen (secondary N) is 1. The molecule has 11 nitrogen and oxygen atoms in total. The predicted molar refractivity (Wildman–Crippen MR) is 133 cm³/mol. The van der Waals surface area contributed by atoms with Gasteiger partial charge in [-0.2, -0.15) is 0 Å². The van der Waals surface area contributed by atoms with Gasteiger partial charge in [0.1, 0.15) is 18.6 Å². The number of benzene rings is 1. The number of pyridine rings is 1. The van der Waals surface area contributed by atoms with E-state index < -0.39 is 71.4 Å². The summed E-state index contributed by atoms with van der Waals surface area (Å²) < 4.78 is 21.7. The molecule has 2 aromatic rings. The van der Waals surface area contributed by atoms with Crippen molar-refractivity contribution in [1.82, 2.24) is 10.3 Å². The second kappa shape index (κ2) is 11.9. The van der Waals surface area contributed by atoms with Gasteiger partial charge in [-0.3, -0.25) is 14.4 Å². The van der Waals surface area contributed by atoms with E-state index in [1.165, 1.54) is 26.3 Å². The summed E-state index contributed by atoms with van der Waals surface area (Å²) in [5.41, 5.74) is -0.491. The Hall–Kier alpha value is -4.15. The van der Waals surface area contributed by atoms with E-state index >= 15 is 0 Å². The molecular weight excluding hydrogens is 496 g/mol. The quantitative estimate of drug-likeness (QED) is 0.422. The fourth-order valence-corrected chi connectivity index (χ4v) is 3.77. The molecule has 1 saturated heterocycles. The van der Waals surface area contributed by atoms with Crippen molar-refractivity contribution in [2.24, 2.45) is 11.3 Å². The molecule has 1 aliphatic heterocycles. The van der Waals surface area contributed by atoms with E-state index in [1.54, 1.807) is 20.8 Å². The highest BCUT2D eigenvalue weighted by molar-refractivity contribution is 5.98. The third-order valence-corrected chi connectivity index (χ3v) is 5.92. The summed E-state index contributed by atoms with van der Waals surface area (Å²) in [6.45, 7) is 5.95. The smallest absolute Gasteiger partial charge is 0.332 e. The molecule has 0 saturated carbocycles. The average molecular weight is 529 g/mol. The molecule has 0 aliphatic carbocycles. The first-order chi connectivity index (χ1) is 17.9. The summed E-state index contributed by atoms with van der Waals surface area (Å²) in [5, 5.41) is 12.6. The third kappa shape index (κ3) is 6.78. The van der Waals surface area contributed by atoms with E-state index in [-0.39, 0.29) is 12.2 Å². The van der Waals surface area contributed by atoms with E-state index in [2.05, 4.69) is 10.3 Å². The van der Waals surface area contributed by atoms with E-state index in [9.17, 15) is 24.3 Å². The molecule has 1 amide bonds. The van der Waals surface area contributed by atoms with Crippen molar-refractivity contribution in [1.29, 1.82) is 0 Å². The van der Waals surface area contributed by atoms with Gasteiger partial charge >= 0.3 is 17.9 Å². The summed E-state index contributed by atoms with van der Waals surface area (Å²) in [6, 6.07) is 9.01. The van der Waals surface area contributed by atoms with Crippen LogP contribution in [0.15, 0.2) is 42.6 Å². The molecular formula is C27H32N2O9. The molecule has 1 aromatic heterocycles. The molecule has 2 heterocycles. The number of methoxy groups -OCH3 is 1. The van der Waals surface area contributed by atoms with E-state index in [0.717, 1.165) is 5.56 Å². The highest BCUT2D eigenvalue weighted by Gasteiger charge is 2.43. The van der Waals surface area contributed by atoms with Gasteiger partial charge in [0.25, 0.3) is 5.91 Å². The van der Waals surface area contributed by atoms with Crippen LogP contribution in [0.4, 0.5) is 0 Å². The largest absolute Gasteiger partial charge is 0.503 e. The molecule has 2 N–H and O–H groups in total. The number of hydrogen-bond acceptors (Lipinski definition) is 10. The van der Waals surface area contributed by atoms with Crippen LogP contribution in [0.3, 0.4) is 0 Å². The number of carbonyl (C=O) groups excluding carboxylic acids is 4. The Labute approximate surface area is 220 Å². The zero-order chi connectivity index (χ0) is 28.0. The molecule has 4 atom stereocenters. The second-order valence-electron chi connectivity index (χ2n) is 9.92. The standard InChI is InChI=1S/C27H32N2O9/c1-15-22(38-26(34)27(2,3)4)17(13-16-9-7-6-8-10-16)24(32)36-14-18(25(33)37-15)29-23(31)20-21(30)19(35-5)11-12-28-20/h6-12,15,17-18,22,30H,13-14H2,1-5H3,(H,29,31)/t15-,17+,18?,22?/m0/s1. The number of aromatic nitrogens is 1. The Morgan fingerprint density at radius 3 is 2.45 bits per heavy atom. The molecule has 0 bridgehead atoms. The Kier molecular flexibility index (Phi) is 8.92. The zero-order valence-electron chi connectivity index (χ0n) is 21.9. The van der Waals surface area contributed by atoms with Crippen molar-refractivity contribution in [3.8, 4) is 11.5 Å². The number of hydrogen-bond donors (Lipinski definition) is 2. The van der Waals surface area contributed by atoms with Crippen LogP contribution in [0, 0.1) is 11.3 Å². The second-order valence-corrected chi connectivity index (χ2v) is 9.92. The molecule has 1 fully saturated rings. The van der Waals surface area contributed by atoms with Gasteiger partial charge in [-0.05, 0) is 39.7 Å². The van der Waals surface area contributed by atoms with Gasteiger partial charge in [0.05, 0.1) is 12.5 Å². The number of ether oxygens (including phenoxy) is 4. The van der Waals surface area contributed by atoms with Crippen LogP contribution in [0.2, 0.25) is 0 Å². The highest BCUT2D eigenvalue weighted by Crippen LogP contribution is 2.29. The van der Waals surface area contributed by atoms with Gasteiger partial charge in [-0.15, -0.1) is 0 Å². The zero-order valence-corrected chi connectivity index (χ0v) is 21.9. The maximum Gasteiger partial charge on any atom is 0.332 e. The monoisotopic (exact) mass is 528 g/mol. The van der Waals surface area contributed by atoms with Crippen molar-refractivity contribution in [3.05, 3.63) is 53.9 Å². The minimum absolute atomic E-state index is 0.00880. The van der Waals surface area contributed by atoms with Crippen molar-refractivity contribution < 1.29 is 43.2 Å². The molecule has 38 heavy (non-hydrogen) atoms. The molecule has 0 radical (unpaired) electrons. The number of amides is 1. The number of cyclic esters (lactones) is 2. The van der Waals surface area contributed by atoms with Crippen LogP contribution in [0.1, 0.15) is 43.7 Å². The van der Waals surface area contributed by atoms with Gasteiger partial charge in [-0.1, -0.05) is 30.3 Å². The Balaban J connectivity index is 1.89. The lowest BCUT2D eigenvalue weighted by Crippen LogP contribution is -2.47. The summed E-state index contributed by atoms with van der Waals surface area (Å²) in [7, 11) is 1.31. The fourth-order valence-electron chi connectivity index (χ4n) is 3.77. The summed E-state index contributed by atoms with van der Waals surface area (Å²) in [4.78, 5) is 55.8. The van der Waals surface area contributed by atoms with Crippen molar-refractivity contribution in [3.63, 3.8) is 0 Å². The first-order valence-corrected chi connectivity index (χ1v) is 12.1. The lowest BCUT2D eigenvalue weighted by Gasteiger charge is -2.31. The Morgan fingerprint density at radius 1 is 1.13 bits per heavy atom. The third-order valence-electron chi connectivity index (χ3n) is 5.92. The van der Waals surface area contributed by atoms with Gasteiger partial charge < -0.3 is 29.4 Å². The van der Waals surface area contributed by atoms with Gasteiger partial charge in [0.15, 0.2) is 29.3 Å². The number of aromatic hydroxyl groups is 1. The Morgan fingerprint density at radius 2 is 1.82 bits per heavy atom. The fraction of sp³-hybridized carbons (Fsp3) is 0.444. The van der Waals surface area contributed by atoms with Gasteiger partial charge in [0.2, 0.25) is 0 Å².